The third kappa shape index (κ3) is 7.77. The summed E-state index contributed by atoms with van der Waals surface area (Å²) >= 11 is 0. The van der Waals surface area contributed by atoms with Gasteiger partial charge in [0, 0.05) is 44.7 Å². The van der Waals surface area contributed by atoms with Crippen LogP contribution in [-0.4, -0.2) is 74.1 Å². The van der Waals surface area contributed by atoms with Gasteiger partial charge in [-0.15, -0.1) is 0 Å². The molecule has 1 N–H and O–H groups in total. The number of fused-ring (bicyclic) bond motifs is 5. The van der Waals surface area contributed by atoms with E-state index in [4.69, 9.17) is 28.4 Å². The van der Waals surface area contributed by atoms with Crippen molar-refractivity contribution >= 4 is 0 Å². The number of rotatable bonds is 14. The van der Waals surface area contributed by atoms with E-state index < -0.39 is 17.8 Å². The first kappa shape index (κ1) is 39.0. The zero-order valence-corrected chi connectivity index (χ0v) is 31.9. The van der Waals surface area contributed by atoms with E-state index in [0.29, 0.717) is 24.4 Å². The Morgan fingerprint density at radius 2 is 1.66 bits per heavy atom. The van der Waals surface area contributed by atoms with E-state index in [1.54, 1.807) is 6.92 Å². The minimum absolute atomic E-state index is 0.0111. The summed E-state index contributed by atoms with van der Waals surface area (Å²) in [5, 5.41) is 10.7. The highest BCUT2D eigenvalue weighted by Gasteiger charge is 2.62. The average Bonchev–Trinajstić information content (AvgIpc) is 3.43. The van der Waals surface area contributed by atoms with Crippen LogP contribution in [0.15, 0.2) is 11.6 Å². The summed E-state index contributed by atoms with van der Waals surface area (Å²) in [5.74, 6) is -1.49. The molecule has 50 heavy (non-hydrogen) atoms. The second-order valence-electron chi connectivity index (χ2n) is 17.6. The highest BCUT2D eigenvalue weighted by Crippen LogP contribution is 2.68. The number of aliphatic hydroxyl groups is 1. The number of aliphatic hydroxyl groups excluding tert-OH is 1. The molecule has 2 heterocycles. The van der Waals surface area contributed by atoms with Crippen LogP contribution in [0.4, 0.5) is 8.78 Å². The monoisotopic (exact) mass is 710 g/mol. The molecular weight excluding hydrogens is 642 g/mol. The first-order valence-corrected chi connectivity index (χ1v) is 20.3. The van der Waals surface area contributed by atoms with E-state index in [0.717, 1.165) is 96.7 Å². The summed E-state index contributed by atoms with van der Waals surface area (Å²) in [4.78, 5) is 0. The van der Waals surface area contributed by atoms with Gasteiger partial charge in [-0.2, -0.15) is 0 Å². The SMILES string of the molecule is CCOC(C)OC(C)(C)C(F)(F)CC[C@@H](CO)[C@H]1CC[C@H]2[C@@H]3CC=C4C[C@@H](OC5CCCCO5)C[C@H](OC5CCCCO5)[C@]4(C)[C@H]3CC[C@]12C. The average molecular weight is 711 g/mol. The molecule has 0 aromatic rings. The van der Waals surface area contributed by atoms with Crippen LogP contribution in [-0.2, 0) is 28.4 Å². The zero-order valence-electron chi connectivity index (χ0n) is 31.9. The molecule has 0 amide bonds. The molecule has 6 aliphatic rings. The topological polar surface area (TPSA) is 75.6 Å². The molecular formula is C41H68F2O7. The smallest absolute Gasteiger partial charge is 0.276 e. The summed E-state index contributed by atoms with van der Waals surface area (Å²) < 4.78 is 68.3. The van der Waals surface area contributed by atoms with Crippen LogP contribution >= 0.6 is 0 Å². The van der Waals surface area contributed by atoms with Crippen molar-refractivity contribution in [3.8, 4) is 0 Å². The molecule has 0 aromatic carbocycles. The minimum Gasteiger partial charge on any atom is -0.396 e. The van der Waals surface area contributed by atoms with E-state index in [1.807, 2.05) is 6.92 Å². The molecule has 288 valence electrons. The third-order valence-corrected chi connectivity index (χ3v) is 14.5. The summed E-state index contributed by atoms with van der Waals surface area (Å²) in [6.45, 7) is 13.2. The van der Waals surface area contributed by atoms with E-state index in [9.17, 15) is 5.11 Å². The fraction of sp³-hybridized carbons (Fsp3) is 0.951. The molecule has 9 heteroatoms. The molecule has 0 radical (unpaired) electrons. The van der Waals surface area contributed by atoms with Crippen molar-refractivity contribution < 1.29 is 42.3 Å². The van der Waals surface area contributed by atoms with Gasteiger partial charge >= 0.3 is 0 Å². The Labute approximate surface area is 300 Å². The molecule has 2 saturated heterocycles. The Kier molecular flexibility index (Phi) is 12.5. The van der Waals surface area contributed by atoms with E-state index in [2.05, 4.69) is 19.9 Å². The molecule has 2 aliphatic heterocycles. The molecule has 3 unspecified atom stereocenters. The summed E-state index contributed by atoms with van der Waals surface area (Å²) in [7, 11) is 0. The lowest BCUT2D eigenvalue weighted by Gasteiger charge is -2.60. The summed E-state index contributed by atoms with van der Waals surface area (Å²) in [6, 6.07) is 0. The number of allylic oxidation sites excluding steroid dienone is 1. The number of ether oxygens (including phenoxy) is 6. The molecule has 4 aliphatic carbocycles. The van der Waals surface area contributed by atoms with E-state index >= 15 is 8.78 Å². The van der Waals surface area contributed by atoms with E-state index in [1.165, 1.54) is 19.4 Å². The quantitative estimate of drug-likeness (QED) is 0.142. The second-order valence-corrected chi connectivity index (χ2v) is 17.6. The van der Waals surface area contributed by atoms with Crippen molar-refractivity contribution in [3.05, 3.63) is 11.6 Å². The van der Waals surface area contributed by atoms with Crippen LogP contribution in [0.25, 0.3) is 0 Å². The molecule has 6 rings (SSSR count). The lowest BCUT2D eigenvalue weighted by Crippen LogP contribution is -2.57. The Bertz CT molecular complexity index is 1140. The Morgan fingerprint density at radius 1 is 0.960 bits per heavy atom. The Hall–Kier alpha value is -0.680. The highest BCUT2D eigenvalue weighted by atomic mass is 19.3. The maximum Gasteiger partial charge on any atom is 0.276 e. The molecule has 5 fully saturated rings. The van der Waals surface area contributed by atoms with E-state index in [-0.39, 0.29) is 66.9 Å². The van der Waals surface area contributed by atoms with Gasteiger partial charge in [0.2, 0.25) is 0 Å². The fourth-order valence-electron chi connectivity index (χ4n) is 11.7. The maximum atomic E-state index is 15.7. The maximum absolute atomic E-state index is 15.7. The molecule has 3 saturated carbocycles. The highest BCUT2D eigenvalue weighted by molar-refractivity contribution is 5.28. The van der Waals surface area contributed by atoms with Crippen molar-refractivity contribution in [1.82, 2.24) is 0 Å². The lowest BCUT2D eigenvalue weighted by atomic mass is 9.46. The Balaban J connectivity index is 1.17. The van der Waals surface area contributed by atoms with Gasteiger partial charge in [-0.3, -0.25) is 0 Å². The van der Waals surface area contributed by atoms with Gasteiger partial charge in [0.25, 0.3) is 5.92 Å². The number of hydrogen-bond acceptors (Lipinski definition) is 7. The molecule has 0 aromatic heterocycles. The van der Waals surface area contributed by atoms with Gasteiger partial charge in [0.1, 0.15) is 5.60 Å². The van der Waals surface area contributed by atoms with Crippen molar-refractivity contribution in [2.75, 3.05) is 26.4 Å². The summed E-state index contributed by atoms with van der Waals surface area (Å²) in [5.41, 5.74) is -0.261. The molecule has 0 spiro atoms. The third-order valence-electron chi connectivity index (χ3n) is 14.5. The van der Waals surface area contributed by atoms with Gasteiger partial charge in [0.15, 0.2) is 18.9 Å². The van der Waals surface area contributed by atoms with Crippen LogP contribution in [0, 0.1) is 40.4 Å². The van der Waals surface area contributed by atoms with Crippen LogP contribution < -0.4 is 0 Å². The standard InChI is InChI=1S/C41H68F2O7/c1-7-45-27(2)50-38(3,4)41(42,43)21-18-28(26-44)32-16-17-33-31-15-14-29-24-30(48-36-12-8-10-22-46-36)25-35(49-37-13-9-11-23-47-37)40(29,6)34(31)19-20-39(32,33)5/h14,27-28,30-37,44H,7-13,15-26H2,1-6H3/t27?,28-,30+,31-,32+,33-,34-,35-,36?,37?,39+,40-/m0/s1. The van der Waals surface area contributed by atoms with Crippen molar-refractivity contribution in [3.63, 3.8) is 0 Å². The predicted molar refractivity (Wildman–Crippen MR) is 189 cm³/mol. The van der Waals surface area contributed by atoms with Gasteiger partial charge in [-0.05, 0) is 146 Å². The van der Waals surface area contributed by atoms with Crippen LogP contribution in [0.5, 0.6) is 0 Å². The van der Waals surface area contributed by atoms with Gasteiger partial charge < -0.3 is 33.5 Å². The first-order valence-electron chi connectivity index (χ1n) is 20.3. The summed E-state index contributed by atoms with van der Waals surface area (Å²) in [6.07, 6.45) is 15.0. The molecule has 0 bridgehead atoms. The van der Waals surface area contributed by atoms with Crippen LogP contribution in [0.2, 0.25) is 0 Å². The lowest BCUT2D eigenvalue weighted by molar-refractivity contribution is -0.265. The molecule has 7 nitrogen and oxygen atoms in total. The van der Waals surface area contributed by atoms with Crippen LogP contribution in [0.1, 0.15) is 138 Å². The van der Waals surface area contributed by atoms with Gasteiger partial charge in [0.05, 0.1) is 12.2 Å². The fourth-order valence-corrected chi connectivity index (χ4v) is 11.7. The second kappa shape index (κ2) is 16.0. The number of hydrogen-bond donors (Lipinski definition) is 1. The normalized spacial score (nSPS) is 40.7. The van der Waals surface area contributed by atoms with Crippen molar-refractivity contribution in [2.45, 2.75) is 180 Å². The first-order chi connectivity index (χ1) is 23.8. The van der Waals surface area contributed by atoms with Crippen LogP contribution in [0.3, 0.4) is 0 Å². The molecule has 12 atom stereocenters. The van der Waals surface area contributed by atoms with Gasteiger partial charge in [-0.25, -0.2) is 8.78 Å². The minimum atomic E-state index is -3.05. The van der Waals surface area contributed by atoms with Crippen molar-refractivity contribution in [1.29, 1.82) is 0 Å². The predicted octanol–water partition coefficient (Wildman–Crippen LogP) is 9.20. The van der Waals surface area contributed by atoms with Crippen molar-refractivity contribution in [2.24, 2.45) is 40.4 Å². The van der Waals surface area contributed by atoms with Gasteiger partial charge in [-0.1, -0.05) is 25.5 Å². The largest absolute Gasteiger partial charge is 0.396 e. The number of alkyl halides is 2. The zero-order chi connectivity index (χ0) is 35.7. The number of halogens is 2. The Morgan fingerprint density at radius 3 is 2.30 bits per heavy atom.